The van der Waals surface area contributed by atoms with Crippen LogP contribution in [0.3, 0.4) is 0 Å². The fourth-order valence-corrected chi connectivity index (χ4v) is 5.81. The Labute approximate surface area is 223 Å². The van der Waals surface area contributed by atoms with E-state index in [1.54, 1.807) is 12.1 Å². The Kier molecular flexibility index (Phi) is 5.82. The minimum absolute atomic E-state index is 0.000630. The lowest BCUT2D eigenvalue weighted by molar-refractivity contribution is -0.114. The van der Waals surface area contributed by atoms with Gasteiger partial charge in [-0.05, 0) is 49.4 Å². The van der Waals surface area contributed by atoms with Crippen molar-refractivity contribution in [3.05, 3.63) is 111 Å². The third kappa shape index (κ3) is 4.10. The average Bonchev–Trinajstić information content (AvgIpc) is 3.43. The van der Waals surface area contributed by atoms with Gasteiger partial charge >= 0.3 is 0 Å². The molecule has 6 nitrogen and oxygen atoms in total. The van der Waals surface area contributed by atoms with E-state index in [2.05, 4.69) is 51.9 Å². The second kappa shape index (κ2) is 9.18. The number of nitrogens with one attached hydrogen (secondary N) is 1. The number of amides is 1. The first-order valence-electron chi connectivity index (χ1n) is 11.8. The molecule has 2 aliphatic heterocycles. The third-order valence-electron chi connectivity index (χ3n) is 6.59. The van der Waals surface area contributed by atoms with Gasteiger partial charge in [-0.3, -0.25) is 10.2 Å². The van der Waals surface area contributed by atoms with Gasteiger partial charge in [0.25, 0.3) is 5.91 Å². The lowest BCUT2D eigenvalue weighted by Crippen LogP contribution is -2.35. The van der Waals surface area contributed by atoms with Gasteiger partial charge in [-0.1, -0.05) is 77.8 Å². The number of aromatic nitrogens is 1. The van der Waals surface area contributed by atoms with Crippen molar-refractivity contribution in [2.45, 2.75) is 20.4 Å². The Hall–Kier alpha value is -3.94. The first-order chi connectivity index (χ1) is 17.9. The standard InChI is InChI=1S/C29H22ClN5OS/c1-17-11-13-19(14-12-17)16-34-18(2)22(20-7-4-6-10-25(20)34)15-23-26(31)35-29(32-27(23)36)37-28(33-35)21-8-3-5-9-24(21)30/h3-15,31H,16H2,1-2H3/b23-15-,31-26?. The van der Waals surface area contributed by atoms with Crippen LogP contribution in [0.4, 0.5) is 0 Å². The molecule has 0 atom stereocenters. The smallest absolute Gasteiger partial charge is 0.283 e. The maximum Gasteiger partial charge on any atom is 0.283 e. The molecule has 1 amide bonds. The number of hydrazone groups is 1. The number of benzene rings is 3. The van der Waals surface area contributed by atoms with Crippen molar-refractivity contribution < 1.29 is 4.79 Å². The summed E-state index contributed by atoms with van der Waals surface area (Å²) >= 11 is 7.59. The molecule has 0 saturated carbocycles. The zero-order valence-corrected chi connectivity index (χ0v) is 21.8. The molecule has 0 fully saturated rings. The number of rotatable bonds is 4. The summed E-state index contributed by atoms with van der Waals surface area (Å²) in [6, 6.07) is 24.0. The Bertz CT molecular complexity index is 1700. The molecule has 6 rings (SSSR count). The predicted octanol–water partition coefficient (Wildman–Crippen LogP) is 6.63. The summed E-state index contributed by atoms with van der Waals surface area (Å²) < 4.78 is 2.25. The fourth-order valence-electron chi connectivity index (χ4n) is 4.60. The summed E-state index contributed by atoms with van der Waals surface area (Å²) in [4.78, 5) is 17.4. The van der Waals surface area contributed by atoms with Crippen LogP contribution in [0.15, 0.2) is 88.5 Å². The number of aryl methyl sites for hydroxylation is 1. The van der Waals surface area contributed by atoms with Crippen LogP contribution in [0.25, 0.3) is 17.0 Å². The molecule has 4 aromatic rings. The summed E-state index contributed by atoms with van der Waals surface area (Å²) in [7, 11) is 0. The summed E-state index contributed by atoms with van der Waals surface area (Å²) in [5.74, 6) is -0.451. The van der Waals surface area contributed by atoms with Gasteiger partial charge in [0.05, 0.1) is 10.6 Å². The molecule has 182 valence electrons. The lowest BCUT2D eigenvalue weighted by atomic mass is 10.1. The van der Waals surface area contributed by atoms with Gasteiger partial charge in [0.15, 0.2) is 5.84 Å². The van der Waals surface area contributed by atoms with E-state index in [1.807, 2.05) is 43.3 Å². The molecule has 0 radical (unpaired) electrons. The number of fused-ring (bicyclic) bond motifs is 2. The van der Waals surface area contributed by atoms with Crippen LogP contribution in [-0.4, -0.2) is 31.5 Å². The van der Waals surface area contributed by atoms with E-state index >= 15 is 0 Å². The largest absolute Gasteiger partial charge is 0.340 e. The number of hydrogen-bond donors (Lipinski definition) is 1. The topological polar surface area (TPSA) is 73.8 Å². The van der Waals surface area contributed by atoms with Crippen LogP contribution in [0.1, 0.15) is 27.9 Å². The van der Waals surface area contributed by atoms with E-state index in [0.717, 1.165) is 27.7 Å². The number of amidine groups is 2. The molecule has 0 saturated heterocycles. The minimum atomic E-state index is -0.450. The molecule has 0 unspecified atom stereocenters. The summed E-state index contributed by atoms with van der Waals surface area (Å²) in [5.41, 5.74) is 6.35. The SMILES string of the molecule is Cc1ccc(Cn2c(C)c(/C=C3/C(=N)N4N=C(c5ccccc5Cl)SC4=NC3=O)c3ccccc32)cc1. The van der Waals surface area contributed by atoms with Crippen molar-refractivity contribution in [3.63, 3.8) is 0 Å². The molecule has 0 aliphatic carbocycles. The summed E-state index contributed by atoms with van der Waals surface area (Å²) in [5, 5.41) is 17.4. The van der Waals surface area contributed by atoms with Crippen LogP contribution < -0.4 is 0 Å². The number of hydrogen-bond acceptors (Lipinski definition) is 4. The van der Waals surface area contributed by atoms with Crippen LogP contribution in [0.5, 0.6) is 0 Å². The number of thioether (sulfide) groups is 1. The second-order valence-electron chi connectivity index (χ2n) is 8.99. The minimum Gasteiger partial charge on any atom is -0.340 e. The van der Waals surface area contributed by atoms with Crippen molar-refractivity contribution in [3.8, 4) is 0 Å². The van der Waals surface area contributed by atoms with Gasteiger partial charge in [-0.15, -0.1) is 0 Å². The fraction of sp³-hybridized carbons (Fsp3) is 0.103. The molecule has 0 bridgehead atoms. The molecule has 37 heavy (non-hydrogen) atoms. The van der Waals surface area contributed by atoms with Gasteiger partial charge < -0.3 is 4.57 Å². The summed E-state index contributed by atoms with van der Waals surface area (Å²) in [6.07, 6.45) is 1.78. The molecule has 1 N–H and O–H groups in total. The Morgan fingerprint density at radius 3 is 2.51 bits per heavy atom. The van der Waals surface area contributed by atoms with E-state index in [1.165, 1.54) is 27.9 Å². The van der Waals surface area contributed by atoms with Gasteiger partial charge in [-0.2, -0.15) is 15.1 Å². The maximum atomic E-state index is 13.1. The number of carbonyl (C=O) groups is 1. The van der Waals surface area contributed by atoms with Crippen LogP contribution >= 0.6 is 23.4 Å². The van der Waals surface area contributed by atoms with E-state index in [9.17, 15) is 4.79 Å². The van der Waals surface area contributed by atoms with Crippen LogP contribution in [0.2, 0.25) is 5.02 Å². The predicted molar refractivity (Wildman–Crippen MR) is 153 cm³/mol. The third-order valence-corrected chi connectivity index (χ3v) is 7.86. The average molecular weight is 524 g/mol. The summed E-state index contributed by atoms with van der Waals surface area (Å²) in [6.45, 7) is 4.83. The highest BCUT2D eigenvalue weighted by molar-refractivity contribution is 8.27. The highest BCUT2D eigenvalue weighted by Gasteiger charge is 2.36. The quantitative estimate of drug-likeness (QED) is 0.305. The molecule has 3 aromatic carbocycles. The van der Waals surface area contributed by atoms with Gasteiger partial charge in [-0.25, -0.2) is 0 Å². The molecule has 3 heterocycles. The number of carbonyl (C=O) groups excluding carboxylic acids is 1. The molecule has 8 heteroatoms. The van der Waals surface area contributed by atoms with E-state index in [0.29, 0.717) is 21.8 Å². The zero-order valence-electron chi connectivity index (χ0n) is 20.2. The Morgan fingerprint density at radius 1 is 1.00 bits per heavy atom. The highest BCUT2D eigenvalue weighted by atomic mass is 35.5. The van der Waals surface area contributed by atoms with Crippen LogP contribution in [-0.2, 0) is 11.3 Å². The van der Waals surface area contributed by atoms with Crippen molar-refractivity contribution in [1.82, 2.24) is 9.58 Å². The van der Waals surface area contributed by atoms with Crippen molar-refractivity contribution in [1.29, 1.82) is 5.41 Å². The number of para-hydroxylation sites is 1. The molecule has 0 spiro atoms. The Balaban J connectivity index is 1.41. The van der Waals surface area contributed by atoms with Gasteiger partial charge in [0.1, 0.15) is 5.04 Å². The van der Waals surface area contributed by atoms with Gasteiger partial charge in [0, 0.05) is 34.3 Å². The first kappa shape index (κ1) is 23.5. The Morgan fingerprint density at radius 2 is 1.73 bits per heavy atom. The van der Waals surface area contributed by atoms with Crippen molar-refractivity contribution in [2.75, 3.05) is 0 Å². The first-order valence-corrected chi connectivity index (χ1v) is 13.0. The molecule has 2 aliphatic rings. The molecular weight excluding hydrogens is 502 g/mol. The van der Waals surface area contributed by atoms with Crippen LogP contribution in [0, 0.1) is 19.3 Å². The van der Waals surface area contributed by atoms with Crippen molar-refractivity contribution >= 4 is 62.3 Å². The number of nitrogens with zero attached hydrogens (tertiary/aromatic N) is 4. The maximum absolute atomic E-state index is 13.1. The highest BCUT2D eigenvalue weighted by Crippen LogP contribution is 2.34. The molecule has 1 aromatic heterocycles. The normalized spacial score (nSPS) is 16.4. The monoisotopic (exact) mass is 523 g/mol. The second-order valence-corrected chi connectivity index (χ2v) is 10.4. The van der Waals surface area contributed by atoms with Crippen molar-refractivity contribution in [2.24, 2.45) is 10.1 Å². The lowest BCUT2D eigenvalue weighted by Gasteiger charge is -2.20. The van der Waals surface area contributed by atoms with E-state index in [-0.39, 0.29) is 11.4 Å². The van der Waals surface area contributed by atoms with E-state index in [4.69, 9.17) is 17.0 Å². The molecular formula is C29H22ClN5OS. The number of aliphatic imine (C=N–C) groups is 1. The van der Waals surface area contributed by atoms with Gasteiger partial charge in [0.2, 0.25) is 5.17 Å². The zero-order chi connectivity index (χ0) is 25.7. The van der Waals surface area contributed by atoms with E-state index < -0.39 is 5.91 Å². The number of halogens is 1.